The summed E-state index contributed by atoms with van der Waals surface area (Å²) in [5.41, 5.74) is 4.26. The highest BCUT2D eigenvalue weighted by Gasteiger charge is 2.16. The zero-order valence-corrected chi connectivity index (χ0v) is 15.4. The van der Waals surface area contributed by atoms with E-state index in [1.807, 2.05) is 6.07 Å². The monoisotopic (exact) mass is 352 g/mol. The van der Waals surface area contributed by atoms with Crippen LogP contribution in [0.25, 0.3) is 16.9 Å². The van der Waals surface area contributed by atoms with Crippen molar-refractivity contribution >= 4 is 11.6 Å². The Labute approximate surface area is 153 Å². The number of rotatable bonds is 7. The molecule has 0 aliphatic heterocycles. The summed E-state index contributed by atoms with van der Waals surface area (Å²) >= 11 is 0. The highest BCUT2D eigenvalue weighted by atomic mass is 16.5. The van der Waals surface area contributed by atoms with E-state index in [0.717, 1.165) is 17.7 Å². The van der Waals surface area contributed by atoms with E-state index >= 15 is 0 Å². The van der Waals surface area contributed by atoms with Crippen LogP contribution in [0, 0.1) is 0 Å². The Hall–Kier alpha value is -2.73. The number of hydrogen-bond acceptors (Lipinski definition) is 4. The molecule has 0 unspecified atom stereocenters. The van der Waals surface area contributed by atoms with Gasteiger partial charge in [-0.05, 0) is 24.0 Å². The number of carbonyl (C=O) groups excluding carboxylic acids is 1. The van der Waals surface area contributed by atoms with Crippen LogP contribution in [0.3, 0.4) is 0 Å². The van der Waals surface area contributed by atoms with Crippen LogP contribution in [-0.4, -0.2) is 40.8 Å². The lowest BCUT2D eigenvalue weighted by atomic mass is 10.0. The summed E-state index contributed by atoms with van der Waals surface area (Å²) in [6.07, 6.45) is 4.05. The Morgan fingerprint density at radius 1 is 1.23 bits per heavy atom. The number of nitrogens with zero attached hydrogens (tertiary/aromatic N) is 3. The van der Waals surface area contributed by atoms with Crippen molar-refractivity contribution in [2.24, 2.45) is 0 Å². The van der Waals surface area contributed by atoms with Gasteiger partial charge in [0.1, 0.15) is 5.56 Å². The maximum Gasteiger partial charge on any atom is 0.256 e. The van der Waals surface area contributed by atoms with Crippen LogP contribution < -0.4 is 5.32 Å². The quantitative estimate of drug-likeness (QED) is 0.663. The third kappa shape index (κ3) is 3.75. The highest BCUT2D eigenvalue weighted by molar-refractivity contribution is 5.99. The van der Waals surface area contributed by atoms with Gasteiger partial charge in [0.2, 0.25) is 0 Å². The molecule has 26 heavy (non-hydrogen) atoms. The number of hydrogen-bond donors (Lipinski definition) is 1. The lowest BCUT2D eigenvalue weighted by Gasteiger charge is -2.08. The Morgan fingerprint density at radius 2 is 2.00 bits per heavy atom. The molecule has 0 spiro atoms. The van der Waals surface area contributed by atoms with Crippen LogP contribution in [0.2, 0.25) is 0 Å². The zero-order valence-electron chi connectivity index (χ0n) is 15.4. The highest BCUT2D eigenvalue weighted by Crippen LogP contribution is 2.23. The fourth-order valence-electron chi connectivity index (χ4n) is 2.82. The molecule has 0 aliphatic carbocycles. The maximum atomic E-state index is 12.4. The first-order valence-corrected chi connectivity index (χ1v) is 8.82. The average molecular weight is 352 g/mol. The third-order valence-electron chi connectivity index (χ3n) is 4.33. The van der Waals surface area contributed by atoms with Gasteiger partial charge in [0, 0.05) is 32.0 Å². The molecular formula is C20H24N4O2. The summed E-state index contributed by atoms with van der Waals surface area (Å²) in [5, 5.41) is 7.27. The number of ether oxygens (including phenoxy) is 1. The minimum atomic E-state index is -0.170. The molecule has 0 bridgehead atoms. The van der Waals surface area contributed by atoms with Gasteiger partial charge >= 0.3 is 0 Å². The first-order valence-electron chi connectivity index (χ1n) is 8.82. The molecule has 6 heteroatoms. The number of carbonyl (C=O) groups is 1. The van der Waals surface area contributed by atoms with Crippen LogP contribution in [-0.2, 0) is 4.74 Å². The van der Waals surface area contributed by atoms with Gasteiger partial charge in [-0.25, -0.2) is 9.50 Å². The van der Waals surface area contributed by atoms with Crippen LogP contribution in [0.15, 0.2) is 42.7 Å². The summed E-state index contributed by atoms with van der Waals surface area (Å²) in [6, 6.07) is 10.3. The van der Waals surface area contributed by atoms with Crippen molar-refractivity contribution in [3.63, 3.8) is 0 Å². The number of amides is 1. The van der Waals surface area contributed by atoms with Gasteiger partial charge < -0.3 is 10.1 Å². The van der Waals surface area contributed by atoms with Gasteiger partial charge in [0.15, 0.2) is 5.65 Å². The molecule has 0 aliphatic rings. The van der Waals surface area contributed by atoms with Crippen molar-refractivity contribution < 1.29 is 9.53 Å². The average Bonchev–Trinajstić information content (AvgIpc) is 3.09. The second kappa shape index (κ2) is 8.10. The van der Waals surface area contributed by atoms with E-state index in [-0.39, 0.29) is 5.91 Å². The van der Waals surface area contributed by atoms with Crippen LogP contribution in [0.1, 0.15) is 42.1 Å². The molecule has 2 aromatic heterocycles. The van der Waals surface area contributed by atoms with Crippen molar-refractivity contribution in [2.45, 2.75) is 26.2 Å². The molecule has 0 fully saturated rings. The number of benzene rings is 1. The van der Waals surface area contributed by atoms with Crippen molar-refractivity contribution in [1.82, 2.24) is 19.9 Å². The maximum absolute atomic E-state index is 12.4. The number of fused-ring (bicyclic) bond motifs is 1. The standard InChI is InChI=1S/C20H24N4O2/c1-14(2)15-5-7-16(8-6-15)18-9-11-21-19-17(13-23-24(18)19)20(25)22-10-4-12-26-3/h5-9,11,13-14H,4,10,12H2,1-3H3,(H,22,25). The summed E-state index contributed by atoms with van der Waals surface area (Å²) in [7, 11) is 1.65. The van der Waals surface area contributed by atoms with Gasteiger partial charge in [0.25, 0.3) is 5.91 Å². The molecular weight excluding hydrogens is 328 g/mol. The molecule has 0 atom stereocenters. The van der Waals surface area contributed by atoms with Gasteiger partial charge in [-0.2, -0.15) is 5.10 Å². The van der Waals surface area contributed by atoms with Crippen molar-refractivity contribution in [2.75, 3.05) is 20.3 Å². The first kappa shape index (κ1) is 18.1. The third-order valence-corrected chi connectivity index (χ3v) is 4.33. The summed E-state index contributed by atoms with van der Waals surface area (Å²) in [4.78, 5) is 16.8. The second-order valence-corrected chi connectivity index (χ2v) is 6.50. The molecule has 1 amide bonds. The number of nitrogens with one attached hydrogen (secondary N) is 1. The molecule has 0 saturated heterocycles. The molecule has 1 N–H and O–H groups in total. The predicted octanol–water partition coefficient (Wildman–Crippen LogP) is 3.29. The Morgan fingerprint density at radius 3 is 2.69 bits per heavy atom. The Balaban J connectivity index is 1.87. The molecule has 6 nitrogen and oxygen atoms in total. The molecule has 3 aromatic rings. The molecule has 136 valence electrons. The van der Waals surface area contributed by atoms with E-state index in [4.69, 9.17) is 4.74 Å². The van der Waals surface area contributed by atoms with E-state index in [1.165, 1.54) is 5.56 Å². The van der Waals surface area contributed by atoms with Gasteiger partial charge in [-0.15, -0.1) is 0 Å². The SMILES string of the molecule is COCCCNC(=O)c1cnn2c(-c3ccc(C(C)C)cc3)ccnc12. The largest absolute Gasteiger partial charge is 0.385 e. The van der Waals surface area contributed by atoms with Gasteiger partial charge in [-0.1, -0.05) is 38.1 Å². The minimum absolute atomic E-state index is 0.170. The van der Waals surface area contributed by atoms with E-state index in [0.29, 0.717) is 30.3 Å². The van der Waals surface area contributed by atoms with Gasteiger partial charge in [0.05, 0.1) is 11.9 Å². The van der Waals surface area contributed by atoms with E-state index < -0.39 is 0 Å². The smallest absolute Gasteiger partial charge is 0.256 e. The van der Waals surface area contributed by atoms with E-state index in [1.54, 1.807) is 24.0 Å². The molecule has 0 radical (unpaired) electrons. The lowest BCUT2D eigenvalue weighted by molar-refractivity contribution is 0.0950. The van der Waals surface area contributed by atoms with E-state index in [2.05, 4.69) is 53.5 Å². The van der Waals surface area contributed by atoms with Crippen molar-refractivity contribution in [3.8, 4) is 11.3 Å². The molecule has 2 heterocycles. The molecule has 3 rings (SSSR count). The Bertz CT molecular complexity index is 884. The topological polar surface area (TPSA) is 68.5 Å². The molecule has 0 saturated carbocycles. The van der Waals surface area contributed by atoms with Gasteiger partial charge in [-0.3, -0.25) is 4.79 Å². The number of methoxy groups -OCH3 is 1. The Kier molecular flexibility index (Phi) is 5.63. The normalized spacial score (nSPS) is 11.2. The summed E-state index contributed by atoms with van der Waals surface area (Å²) < 4.78 is 6.71. The fraction of sp³-hybridized carbons (Fsp3) is 0.350. The number of aromatic nitrogens is 3. The summed E-state index contributed by atoms with van der Waals surface area (Å²) in [6.45, 7) is 5.51. The first-order chi connectivity index (χ1) is 12.6. The fourth-order valence-corrected chi connectivity index (χ4v) is 2.82. The lowest BCUT2D eigenvalue weighted by Crippen LogP contribution is -2.25. The predicted molar refractivity (Wildman–Crippen MR) is 101 cm³/mol. The minimum Gasteiger partial charge on any atom is -0.385 e. The van der Waals surface area contributed by atoms with Crippen molar-refractivity contribution in [3.05, 3.63) is 53.9 Å². The van der Waals surface area contributed by atoms with Crippen molar-refractivity contribution in [1.29, 1.82) is 0 Å². The second-order valence-electron chi connectivity index (χ2n) is 6.50. The zero-order chi connectivity index (χ0) is 18.5. The van der Waals surface area contributed by atoms with Crippen LogP contribution in [0.5, 0.6) is 0 Å². The van der Waals surface area contributed by atoms with Crippen LogP contribution in [0.4, 0.5) is 0 Å². The van der Waals surface area contributed by atoms with Crippen LogP contribution >= 0.6 is 0 Å². The van der Waals surface area contributed by atoms with E-state index in [9.17, 15) is 4.79 Å². The molecule has 1 aromatic carbocycles. The summed E-state index contributed by atoms with van der Waals surface area (Å²) in [5.74, 6) is 0.315.